The fourth-order valence-electron chi connectivity index (χ4n) is 2.85. The number of amides is 2. The van der Waals surface area contributed by atoms with Crippen LogP contribution in [0.15, 0.2) is 18.2 Å². The molecular weight excluding hydrogens is 446 g/mol. The molecule has 1 aliphatic rings. The van der Waals surface area contributed by atoms with Crippen LogP contribution in [0.2, 0.25) is 0 Å². The van der Waals surface area contributed by atoms with Crippen LogP contribution in [0.25, 0.3) is 0 Å². The van der Waals surface area contributed by atoms with Crippen molar-refractivity contribution in [1.29, 1.82) is 0 Å². The first kappa shape index (κ1) is 24.6. The zero-order valence-electron chi connectivity index (χ0n) is 17.2. The summed E-state index contributed by atoms with van der Waals surface area (Å²) >= 11 is 5.21. The van der Waals surface area contributed by atoms with Gasteiger partial charge in [-0.25, -0.2) is 0 Å². The Kier molecular flexibility index (Phi) is 8.12. The second kappa shape index (κ2) is 10.6. The number of carbonyl (C=O) groups is 3. The minimum atomic E-state index is -1.03. The number of hydrogen-bond acceptors (Lipinski definition) is 9. The van der Waals surface area contributed by atoms with Crippen LogP contribution >= 0.6 is 12.2 Å². The maximum atomic E-state index is 12.6. The number of nitrogens with one attached hydrogen (secondary N) is 2. The summed E-state index contributed by atoms with van der Waals surface area (Å²) in [7, 11) is 0. The summed E-state index contributed by atoms with van der Waals surface area (Å²) in [5.74, 6) is -2.04. The molecule has 1 aromatic carbocycles. The van der Waals surface area contributed by atoms with Gasteiger partial charge < -0.3 is 15.0 Å². The molecule has 1 aliphatic heterocycles. The zero-order valence-corrected chi connectivity index (χ0v) is 18.0. The van der Waals surface area contributed by atoms with Crippen molar-refractivity contribution in [3.05, 3.63) is 44.0 Å². The number of carbonyl (C=O) groups excluding carboxylic acids is 3. The Labute approximate surface area is 187 Å². The molecule has 32 heavy (non-hydrogen) atoms. The van der Waals surface area contributed by atoms with E-state index in [1.54, 1.807) is 6.92 Å². The quantitative estimate of drug-likeness (QED) is 0.255. The average molecular weight is 467 g/mol. The number of piperazine rings is 1. The Hall–Kier alpha value is -3.68. The summed E-state index contributed by atoms with van der Waals surface area (Å²) < 4.78 is 5.20. The van der Waals surface area contributed by atoms with Crippen molar-refractivity contribution in [1.82, 2.24) is 15.5 Å². The molecule has 0 radical (unpaired) electrons. The molecule has 0 saturated carbocycles. The molecule has 2 amide bonds. The van der Waals surface area contributed by atoms with E-state index in [2.05, 4.69) is 10.6 Å². The van der Waals surface area contributed by atoms with Crippen molar-refractivity contribution in [2.45, 2.75) is 38.8 Å². The normalized spacial score (nSPS) is 16.5. The molecule has 2 unspecified atom stereocenters. The van der Waals surface area contributed by atoms with Gasteiger partial charge in [0.25, 0.3) is 17.3 Å². The second-order valence-corrected chi connectivity index (χ2v) is 7.31. The molecule has 14 heteroatoms. The molecule has 172 valence electrons. The van der Waals surface area contributed by atoms with E-state index < -0.39 is 45.0 Å². The van der Waals surface area contributed by atoms with Crippen LogP contribution in [0.4, 0.5) is 11.4 Å². The van der Waals surface area contributed by atoms with Gasteiger partial charge in [0.1, 0.15) is 6.04 Å². The zero-order chi connectivity index (χ0) is 24.0. The van der Waals surface area contributed by atoms with Gasteiger partial charge in [0.2, 0.25) is 5.91 Å². The molecule has 13 nitrogen and oxygen atoms in total. The van der Waals surface area contributed by atoms with E-state index in [1.807, 2.05) is 6.92 Å². The van der Waals surface area contributed by atoms with Gasteiger partial charge in [-0.1, -0.05) is 6.92 Å². The predicted octanol–water partition coefficient (Wildman–Crippen LogP) is 1.05. The molecular formula is C18H21N5O8S. The number of esters is 1. The molecule has 0 spiro atoms. The van der Waals surface area contributed by atoms with Gasteiger partial charge in [0, 0.05) is 25.2 Å². The smallest absolute Gasteiger partial charge is 0.308 e. The lowest BCUT2D eigenvalue weighted by Crippen LogP contribution is -2.60. The molecule has 0 aliphatic carbocycles. The van der Waals surface area contributed by atoms with Gasteiger partial charge >= 0.3 is 5.97 Å². The number of nitro benzene ring substituents is 2. The van der Waals surface area contributed by atoms with Crippen molar-refractivity contribution in [3.63, 3.8) is 0 Å². The lowest BCUT2D eigenvalue weighted by molar-refractivity contribution is -0.394. The van der Waals surface area contributed by atoms with Crippen LogP contribution < -0.4 is 10.6 Å². The molecule has 1 aromatic rings. The fourth-order valence-corrected chi connectivity index (χ4v) is 3.16. The van der Waals surface area contributed by atoms with Crippen LogP contribution in [0.1, 0.15) is 37.0 Å². The number of rotatable bonds is 7. The maximum absolute atomic E-state index is 12.6. The Balaban J connectivity index is 2.19. The minimum absolute atomic E-state index is 0.182. The maximum Gasteiger partial charge on any atom is 0.308 e. The van der Waals surface area contributed by atoms with Crippen LogP contribution in [0.3, 0.4) is 0 Å². The molecule has 0 aromatic heterocycles. The van der Waals surface area contributed by atoms with Crippen molar-refractivity contribution in [2.75, 3.05) is 13.1 Å². The van der Waals surface area contributed by atoms with Gasteiger partial charge in [-0.15, -0.1) is 0 Å². The van der Waals surface area contributed by atoms with E-state index in [0.29, 0.717) is 6.42 Å². The standard InChI is InChI=1S/C18H21N5O8S/c1-3-10(2)31-15(24)9-14-17(26)19-4-5-21(14)18(32)20-16(25)11-6-12(22(27)28)8-13(7-11)23(29)30/h6-8,10,14H,3-5,9H2,1-2H3,(H,19,26)(H,20,25,32). The van der Waals surface area contributed by atoms with E-state index in [9.17, 15) is 34.6 Å². The summed E-state index contributed by atoms with van der Waals surface area (Å²) in [5, 5.41) is 26.8. The molecule has 2 atom stereocenters. The number of ether oxygens (including phenoxy) is 1. The third-order valence-electron chi connectivity index (χ3n) is 4.67. The van der Waals surface area contributed by atoms with E-state index >= 15 is 0 Å². The lowest BCUT2D eigenvalue weighted by Gasteiger charge is -2.36. The van der Waals surface area contributed by atoms with Crippen LogP contribution in [0, 0.1) is 20.2 Å². The predicted molar refractivity (Wildman–Crippen MR) is 114 cm³/mol. The first-order chi connectivity index (χ1) is 15.0. The first-order valence-corrected chi connectivity index (χ1v) is 9.97. The Morgan fingerprint density at radius 3 is 2.41 bits per heavy atom. The SMILES string of the molecule is CCC(C)OC(=O)CC1C(=O)NCCN1C(=S)NC(=O)c1cc([N+](=O)[O-])cc([N+](=O)[O-])c1. The largest absolute Gasteiger partial charge is 0.463 e. The van der Waals surface area contributed by atoms with Crippen molar-refractivity contribution >= 4 is 46.5 Å². The molecule has 1 saturated heterocycles. The van der Waals surface area contributed by atoms with Crippen LogP contribution in [0.5, 0.6) is 0 Å². The monoisotopic (exact) mass is 467 g/mol. The third-order valence-corrected chi connectivity index (χ3v) is 5.00. The van der Waals surface area contributed by atoms with Crippen molar-refractivity contribution in [2.24, 2.45) is 0 Å². The number of hydrogen-bond donors (Lipinski definition) is 2. The lowest BCUT2D eigenvalue weighted by atomic mass is 10.1. The number of benzene rings is 1. The third kappa shape index (κ3) is 6.16. The summed E-state index contributed by atoms with van der Waals surface area (Å²) in [6.07, 6.45) is -0.0520. The van der Waals surface area contributed by atoms with Gasteiger partial charge in [-0.05, 0) is 25.6 Å². The molecule has 1 fully saturated rings. The first-order valence-electron chi connectivity index (χ1n) is 9.56. The van der Waals surface area contributed by atoms with Gasteiger partial charge in [0.15, 0.2) is 5.11 Å². The van der Waals surface area contributed by atoms with Gasteiger partial charge in [-0.3, -0.25) is 39.9 Å². The Bertz CT molecular complexity index is 936. The summed E-state index contributed by atoms with van der Waals surface area (Å²) in [6.45, 7) is 3.93. The van der Waals surface area contributed by atoms with Gasteiger partial charge in [-0.2, -0.15) is 0 Å². The summed E-state index contributed by atoms with van der Waals surface area (Å²) in [5.41, 5.74) is -1.64. The fraction of sp³-hybridized carbons (Fsp3) is 0.444. The van der Waals surface area contributed by atoms with E-state index in [1.165, 1.54) is 4.90 Å². The number of nitrogens with zero attached hydrogens (tertiary/aromatic N) is 3. The number of thiocarbonyl (C=S) groups is 1. The highest BCUT2D eigenvalue weighted by Crippen LogP contribution is 2.23. The van der Waals surface area contributed by atoms with E-state index in [-0.39, 0.29) is 36.3 Å². The van der Waals surface area contributed by atoms with Crippen LogP contribution in [-0.2, 0) is 14.3 Å². The van der Waals surface area contributed by atoms with Crippen molar-refractivity contribution < 1.29 is 29.0 Å². The number of non-ortho nitro benzene ring substituents is 2. The van der Waals surface area contributed by atoms with Crippen molar-refractivity contribution in [3.8, 4) is 0 Å². The molecule has 1 heterocycles. The highest BCUT2D eigenvalue weighted by atomic mass is 32.1. The Morgan fingerprint density at radius 1 is 1.28 bits per heavy atom. The van der Waals surface area contributed by atoms with E-state index in [4.69, 9.17) is 17.0 Å². The highest BCUT2D eigenvalue weighted by molar-refractivity contribution is 7.80. The average Bonchev–Trinajstić information content (AvgIpc) is 2.74. The van der Waals surface area contributed by atoms with Gasteiger partial charge in [0.05, 0.1) is 34.0 Å². The molecule has 0 bridgehead atoms. The highest BCUT2D eigenvalue weighted by Gasteiger charge is 2.34. The van der Waals surface area contributed by atoms with Crippen LogP contribution in [-0.4, -0.2) is 62.9 Å². The van der Waals surface area contributed by atoms with E-state index in [0.717, 1.165) is 18.2 Å². The topological polar surface area (TPSA) is 174 Å². The summed E-state index contributed by atoms with van der Waals surface area (Å²) in [6, 6.07) is 1.43. The second-order valence-electron chi connectivity index (χ2n) is 6.92. The molecule has 2 rings (SSSR count). The number of nitro groups is 2. The molecule has 2 N–H and O–H groups in total. The summed E-state index contributed by atoms with van der Waals surface area (Å²) in [4.78, 5) is 58.7. The minimum Gasteiger partial charge on any atom is -0.463 e. The Morgan fingerprint density at radius 2 is 1.88 bits per heavy atom.